The summed E-state index contributed by atoms with van der Waals surface area (Å²) in [7, 11) is 1.46. The predicted octanol–water partition coefficient (Wildman–Crippen LogP) is 3.43. The van der Waals surface area contributed by atoms with Crippen LogP contribution >= 0.6 is 11.6 Å². The van der Waals surface area contributed by atoms with Crippen molar-refractivity contribution in [2.24, 2.45) is 0 Å². The molecule has 188 valence electrons. The maximum absolute atomic E-state index is 13.6. The van der Waals surface area contributed by atoms with Crippen molar-refractivity contribution in [3.63, 3.8) is 0 Å². The van der Waals surface area contributed by atoms with Crippen LogP contribution in [0.5, 0.6) is 5.75 Å². The number of aliphatic hydroxyl groups excluding tert-OH is 2. The number of fused-ring (bicyclic) bond motifs is 1. The second-order valence-corrected chi connectivity index (χ2v) is 8.03. The average Bonchev–Trinajstić information content (AvgIpc) is 2.86. The number of carbonyl (C=O) groups is 1. The van der Waals surface area contributed by atoms with Crippen LogP contribution in [-0.4, -0.2) is 66.0 Å². The van der Waals surface area contributed by atoms with E-state index in [0.29, 0.717) is 53.3 Å². The summed E-state index contributed by atoms with van der Waals surface area (Å²) in [5, 5.41) is 34.1. The molecule has 36 heavy (non-hydrogen) atoms. The lowest BCUT2D eigenvalue weighted by molar-refractivity contribution is -0.111. The van der Waals surface area contributed by atoms with E-state index >= 15 is 0 Å². The Hall–Kier alpha value is -3.75. The van der Waals surface area contributed by atoms with Gasteiger partial charge in [0, 0.05) is 49.0 Å². The summed E-state index contributed by atoms with van der Waals surface area (Å²) in [4.78, 5) is 18.7. The lowest BCUT2D eigenvalue weighted by Gasteiger charge is -2.17. The number of nitrogens with zero attached hydrogens (tertiary/aromatic N) is 3. The summed E-state index contributed by atoms with van der Waals surface area (Å²) in [5.41, 5.74) is 1.95. The van der Waals surface area contributed by atoms with Crippen LogP contribution in [0.3, 0.4) is 0 Å². The SMILES string of the molecule is COc1cc2ncc(C#N)c(Nc3ccc(F)c(Cl)c3)c2cc1NC(=O)/C=C/CN(CCO)CCO. The molecule has 0 bridgehead atoms. The largest absolute Gasteiger partial charge is 0.494 e. The van der Waals surface area contributed by atoms with E-state index in [4.69, 9.17) is 26.6 Å². The van der Waals surface area contributed by atoms with E-state index in [2.05, 4.69) is 21.7 Å². The van der Waals surface area contributed by atoms with E-state index in [1.54, 1.807) is 23.1 Å². The van der Waals surface area contributed by atoms with Gasteiger partial charge in [-0.2, -0.15) is 5.26 Å². The van der Waals surface area contributed by atoms with Gasteiger partial charge < -0.3 is 25.6 Å². The highest BCUT2D eigenvalue weighted by Gasteiger charge is 2.15. The summed E-state index contributed by atoms with van der Waals surface area (Å²) in [5.74, 6) is -0.634. The van der Waals surface area contributed by atoms with Gasteiger partial charge in [0.05, 0.1) is 47.8 Å². The smallest absolute Gasteiger partial charge is 0.248 e. The van der Waals surface area contributed by atoms with Crippen molar-refractivity contribution in [3.05, 3.63) is 65.1 Å². The standard InChI is InChI=1S/C25H25ClFN5O4/c1-36-23-13-21-18(12-22(23)31-24(35)3-2-6-32(7-9-33)8-10-34)25(16(14-28)15-29-21)30-17-4-5-20(27)19(26)11-17/h2-5,11-13,15,33-34H,6-10H2,1H3,(H,29,30)(H,31,35)/b3-2+. The van der Waals surface area contributed by atoms with Gasteiger partial charge in [-0.1, -0.05) is 17.7 Å². The van der Waals surface area contributed by atoms with Crippen molar-refractivity contribution in [1.82, 2.24) is 9.88 Å². The van der Waals surface area contributed by atoms with E-state index < -0.39 is 11.7 Å². The molecule has 0 aliphatic heterocycles. The fourth-order valence-corrected chi connectivity index (χ4v) is 3.67. The first-order valence-electron chi connectivity index (χ1n) is 10.9. The molecular formula is C25H25ClFN5O4. The summed E-state index contributed by atoms with van der Waals surface area (Å²) >= 11 is 5.90. The molecule has 3 rings (SSSR count). The van der Waals surface area contributed by atoms with Crippen molar-refractivity contribution in [2.75, 3.05) is 50.6 Å². The molecule has 1 amide bonds. The zero-order valence-electron chi connectivity index (χ0n) is 19.5. The summed E-state index contributed by atoms with van der Waals surface area (Å²) in [6, 6.07) is 9.44. The number of anilines is 3. The van der Waals surface area contributed by atoms with Crippen molar-refractivity contribution in [1.29, 1.82) is 5.26 Å². The van der Waals surface area contributed by atoms with Crippen LogP contribution in [0.1, 0.15) is 5.56 Å². The molecule has 11 heteroatoms. The molecule has 0 aliphatic rings. The van der Waals surface area contributed by atoms with Crippen molar-refractivity contribution < 1.29 is 24.1 Å². The molecule has 0 spiro atoms. The first-order chi connectivity index (χ1) is 17.4. The van der Waals surface area contributed by atoms with Gasteiger partial charge >= 0.3 is 0 Å². The molecule has 0 aliphatic carbocycles. The fraction of sp³-hybridized carbons (Fsp3) is 0.240. The van der Waals surface area contributed by atoms with Gasteiger partial charge in [-0.25, -0.2) is 4.39 Å². The second-order valence-electron chi connectivity index (χ2n) is 7.62. The number of aromatic nitrogens is 1. The Balaban J connectivity index is 1.93. The molecule has 0 radical (unpaired) electrons. The third-order valence-electron chi connectivity index (χ3n) is 5.22. The number of carbonyl (C=O) groups excluding carboxylic acids is 1. The number of halogens is 2. The lowest BCUT2D eigenvalue weighted by atomic mass is 10.1. The molecule has 4 N–H and O–H groups in total. The highest BCUT2D eigenvalue weighted by atomic mass is 35.5. The maximum atomic E-state index is 13.6. The van der Waals surface area contributed by atoms with Gasteiger partial charge in [0.1, 0.15) is 17.6 Å². The van der Waals surface area contributed by atoms with Crippen LogP contribution in [0.25, 0.3) is 10.9 Å². The minimum atomic E-state index is -0.569. The summed E-state index contributed by atoms with van der Waals surface area (Å²) < 4.78 is 19.0. The Morgan fingerprint density at radius 2 is 2.03 bits per heavy atom. The molecule has 0 saturated carbocycles. The molecule has 1 aromatic heterocycles. The van der Waals surface area contributed by atoms with Gasteiger partial charge in [0.25, 0.3) is 0 Å². The number of methoxy groups -OCH3 is 1. The Morgan fingerprint density at radius 3 is 2.67 bits per heavy atom. The van der Waals surface area contributed by atoms with Crippen LogP contribution < -0.4 is 15.4 Å². The van der Waals surface area contributed by atoms with Crippen LogP contribution in [0.2, 0.25) is 5.02 Å². The van der Waals surface area contributed by atoms with Crippen LogP contribution in [0, 0.1) is 17.1 Å². The number of hydrogen-bond acceptors (Lipinski definition) is 8. The number of nitriles is 1. The Bertz CT molecular complexity index is 1310. The first-order valence-corrected chi connectivity index (χ1v) is 11.3. The molecule has 0 fully saturated rings. The van der Waals surface area contributed by atoms with Crippen LogP contribution in [-0.2, 0) is 4.79 Å². The molecule has 1 heterocycles. The van der Waals surface area contributed by atoms with E-state index in [0.717, 1.165) is 0 Å². The Labute approximate surface area is 212 Å². The third kappa shape index (κ3) is 6.68. The average molecular weight is 514 g/mol. The van der Waals surface area contributed by atoms with Crippen LogP contribution in [0.15, 0.2) is 48.7 Å². The van der Waals surface area contributed by atoms with Gasteiger partial charge in [0.15, 0.2) is 0 Å². The predicted molar refractivity (Wildman–Crippen MR) is 136 cm³/mol. The number of nitrogens with one attached hydrogen (secondary N) is 2. The number of rotatable bonds is 11. The number of hydrogen-bond donors (Lipinski definition) is 4. The first kappa shape index (κ1) is 26.8. The quantitative estimate of drug-likeness (QED) is 0.287. The van der Waals surface area contributed by atoms with E-state index in [-0.39, 0.29) is 23.8 Å². The fourth-order valence-electron chi connectivity index (χ4n) is 3.48. The Kier molecular flexibility index (Phi) is 9.55. The van der Waals surface area contributed by atoms with Gasteiger partial charge in [-0.15, -0.1) is 0 Å². The molecule has 0 saturated heterocycles. The van der Waals surface area contributed by atoms with Gasteiger partial charge in [-0.05, 0) is 24.3 Å². The number of ether oxygens (including phenoxy) is 1. The zero-order valence-corrected chi connectivity index (χ0v) is 20.2. The van der Waals surface area contributed by atoms with Crippen molar-refractivity contribution in [2.45, 2.75) is 0 Å². The summed E-state index contributed by atoms with van der Waals surface area (Å²) in [6.45, 7) is 0.983. The molecule has 0 atom stereocenters. The lowest BCUT2D eigenvalue weighted by Crippen LogP contribution is -2.30. The third-order valence-corrected chi connectivity index (χ3v) is 5.51. The normalized spacial score (nSPS) is 11.1. The van der Waals surface area contributed by atoms with E-state index in [1.807, 2.05) is 0 Å². The van der Waals surface area contributed by atoms with E-state index in [1.165, 1.54) is 37.6 Å². The number of amides is 1. The zero-order chi connectivity index (χ0) is 26.1. The minimum absolute atomic E-state index is 0.0620. The minimum Gasteiger partial charge on any atom is -0.494 e. The molecular weight excluding hydrogens is 489 g/mol. The monoisotopic (exact) mass is 513 g/mol. The second kappa shape index (κ2) is 12.8. The van der Waals surface area contributed by atoms with Gasteiger partial charge in [-0.3, -0.25) is 14.7 Å². The highest BCUT2D eigenvalue weighted by Crippen LogP contribution is 2.36. The van der Waals surface area contributed by atoms with Crippen molar-refractivity contribution >= 4 is 45.5 Å². The van der Waals surface area contributed by atoms with Crippen LogP contribution in [0.4, 0.5) is 21.5 Å². The maximum Gasteiger partial charge on any atom is 0.248 e. The topological polar surface area (TPSA) is 131 Å². The molecule has 9 nitrogen and oxygen atoms in total. The number of benzene rings is 2. The highest BCUT2D eigenvalue weighted by molar-refractivity contribution is 6.31. The summed E-state index contributed by atoms with van der Waals surface area (Å²) in [6.07, 6.45) is 4.37. The van der Waals surface area contributed by atoms with Crippen molar-refractivity contribution in [3.8, 4) is 11.8 Å². The Morgan fingerprint density at radius 1 is 1.28 bits per heavy atom. The number of pyridine rings is 1. The van der Waals surface area contributed by atoms with E-state index in [9.17, 15) is 14.4 Å². The molecule has 2 aromatic carbocycles. The van der Waals surface area contributed by atoms with Gasteiger partial charge in [0.2, 0.25) is 5.91 Å². The molecule has 0 unspecified atom stereocenters. The number of aliphatic hydroxyl groups is 2. The molecule has 3 aromatic rings.